The fraction of sp³-hybridized carbons (Fsp3) is 0.346. The molecule has 29 heavy (non-hydrogen) atoms. The highest BCUT2D eigenvalue weighted by atomic mass is 16.2. The quantitative estimate of drug-likeness (QED) is 0.568. The summed E-state index contributed by atoms with van der Waals surface area (Å²) < 4.78 is 0. The standard InChI is InChI=1S/C26H30N2O/c1-4-26(16-14-19(2)3)24-22(21-12-8-9-13-23(21)27-24)15-17-28(25(26)29)18-20-10-6-5-7-11-20/h5-14,16,19,27H,4,15,17-18H2,1-3H3/b16-14+. The average Bonchev–Trinajstić information content (AvgIpc) is 3.06. The first-order valence-electron chi connectivity index (χ1n) is 10.7. The fourth-order valence-corrected chi connectivity index (χ4v) is 4.49. The van der Waals surface area contributed by atoms with E-state index in [1.165, 1.54) is 16.5 Å². The zero-order chi connectivity index (χ0) is 20.4. The summed E-state index contributed by atoms with van der Waals surface area (Å²) in [5.41, 5.74) is 4.02. The number of H-pyrrole nitrogens is 1. The molecule has 0 radical (unpaired) electrons. The molecule has 1 aliphatic heterocycles. The van der Waals surface area contributed by atoms with Gasteiger partial charge in [-0.15, -0.1) is 0 Å². The molecule has 2 heterocycles. The number of hydrogen-bond donors (Lipinski definition) is 1. The molecule has 150 valence electrons. The third kappa shape index (κ3) is 3.50. The highest BCUT2D eigenvalue weighted by molar-refractivity contribution is 5.95. The molecule has 0 spiro atoms. The summed E-state index contributed by atoms with van der Waals surface area (Å²) in [4.78, 5) is 19.7. The van der Waals surface area contributed by atoms with Gasteiger partial charge in [-0.25, -0.2) is 0 Å². The molecule has 1 amide bonds. The van der Waals surface area contributed by atoms with Crippen molar-refractivity contribution < 1.29 is 4.79 Å². The van der Waals surface area contributed by atoms with Crippen LogP contribution < -0.4 is 0 Å². The van der Waals surface area contributed by atoms with E-state index in [9.17, 15) is 4.79 Å². The van der Waals surface area contributed by atoms with Gasteiger partial charge in [-0.3, -0.25) is 4.79 Å². The van der Waals surface area contributed by atoms with Crippen molar-refractivity contribution in [3.63, 3.8) is 0 Å². The Morgan fingerprint density at radius 3 is 2.55 bits per heavy atom. The van der Waals surface area contributed by atoms with Crippen LogP contribution in [-0.2, 0) is 23.2 Å². The van der Waals surface area contributed by atoms with Crippen LogP contribution in [0.25, 0.3) is 10.9 Å². The van der Waals surface area contributed by atoms with E-state index in [2.05, 4.69) is 74.3 Å². The van der Waals surface area contributed by atoms with Gasteiger partial charge in [-0.05, 0) is 36.0 Å². The first kappa shape index (κ1) is 19.5. The molecule has 4 rings (SSSR count). The number of benzene rings is 2. The molecule has 0 saturated heterocycles. The van der Waals surface area contributed by atoms with E-state index in [4.69, 9.17) is 0 Å². The van der Waals surface area contributed by atoms with Gasteiger partial charge >= 0.3 is 0 Å². The zero-order valence-corrected chi connectivity index (χ0v) is 17.6. The number of para-hydroxylation sites is 1. The van der Waals surface area contributed by atoms with E-state index in [1.54, 1.807) is 0 Å². The predicted molar refractivity (Wildman–Crippen MR) is 120 cm³/mol. The van der Waals surface area contributed by atoms with Crippen molar-refractivity contribution in [3.8, 4) is 0 Å². The van der Waals surface area contributed by atoms with Crippen LogP contribution in [0.2, 0.25) is 0 Å². The second-order valence-corrected chi connectivity index (χ2v) is 8.41. The number of amides is 1. The van der Waals surface area contributed by atoms with Crippen molar-refractivity contribution in [2.45, 2.75) is 45.6 Å². The smallest absolute Gasteiger partial charge is 0.238 e. The number of aromatic amines is 1. The molecule has 1 aromatic heterocycles. The second kappa shape index (κ2) is 7.90. The Kier molecular flexibility index (Phi) is 5.31. The molecule has 0 fully saturated rings. The number of nitrogens with one attached hydrogen (secondary N) is 1. The molecular formula is C26H30N2O. The molecule has 2 aromatic carbocycles. The van der Waals surface area contributed by atoms with Gasteiger partial charge in [-0.1, -0.05) is 81.5 Å². The summed E-state index contributed by atoms with van der Waals surface area (Å²) >= 11 is 0. The van der Waals surface area contributed by atoms with E-state index < -0.39 is 5.41 Å². The van der Waals surface area contributed by atoms with Crippen molar-refractivity contribution in [3.05, 3.63) is 83.6 Å². The van der Waals surface area contributed by atoms with Crippen LogP contribution in [0.1, 0.15) is 44.0 Å². The van der Waals surface area contributed by atoms with Crippen LogP contribution in [0.5, 0.6) is 0 Å². The Balaban J connectivity index is 1.85. The summed E-state index contributed by atoms with van der Waals surface area (Å²) in [6.45, 7) is 7.84. The van der Waals surface area contributed by atoms with Crippen molar-refractivity contribution in [2.24, 2.45) is 5.92 Å². The Hall–Kier alpha value is -2.81. The highest BCUT2D eigenvalue weighted by Gasteiger charge is 2.44. The zero-order valence-electron chi connectivity index (χ0n) is 17.6. The van der Waals surface area contributed by atoms with E-state index in [-0.39, 0.29) is 5.91 Å². The number of rotatable bonds is 5. The molecule has 3 nitrogen and oxygen atoms in total. The molecule has 0 saturated carbocycles. The van der Waals surface area contributed by atoms with E-state index in [0.717, 1.165) is 30.6 Å². The summed E-state index contributed by atoms with van der Waals surface area (Å²) in [5, 5.41) is 1.24. The molecular weight excluding hydrogens is 356 g/mol. The topological polar surface area (TPSA) is 36.1 Å². The maximum Gasteiger partial charge on any atom is 0.238 e. The molecule has 0 aliphatic carbocycles. The van der Waals surface area contributed by atoms with E-state index in [1.807, 2.05) is 23.1 Å². The summed E-state index contributed by atoms with van der Waals surface area (Å²) in [5.74, 6) is 0.593. The molecule has 0 bridgehead atoms. The number of carbonyl (C=O) groups is 1. The molecule has 1 aliphatic rings. The average molecular weight is 387 g/mol. The van der Waals surface area contributed by atoms with Crippen LogP contribution >= 0.6 is 0 Å². The lowest BCUT2D eigenvalue weighted by atomic mass is 9.78. The van der Waals surface area contributed by atoms with Crippen LogP contribution in [0.4, 0.5) is 0 Å². The minimum Gasteiger partial charge on any atom is -0.357 e. The summed E-state index contributed by atoms with van der Waals surface area (Å²) in [6.07, 6.45) is 5.95. The third-order valence-corrected chi connectivity index (χ3v) is 6.10. The third-order valence-electron chi connectivity index (χ3n) is 6.10. The lowest BCUT2D eigenvalue weighted by Gasteiger charge is -2.32. The maximum atomic E-state index is 14.0. The minimum absolute atomic E-state index is 0.200. The first-order valence-corrected chi connectivity index (χ1v) is 10.7. The normalized spacial score (nSPS) is 19.9. The van der Waals surface area contributed by atoms with Gasteiger partial charge in [0.15, 0.2) is 0 Å². The van der Waals surface area contributed by atoms with Gasteiger partial charge in [0.2, 0.25) is 5.91 Å². The van der Waals surface area contributed by atoms with Crippen LogP contribution in [0, 0.1) is 5.92 Å². The monoisotopic (exact) mass is 386 g/mol. The Labute approximate surface area is 173 Å². The van der Waals surface area contributed by atoms with E-state index in [0.29, 0.717) is 12.5 Å². The molecule has 3 heteroatoms. The van der Waals surface area contributed by atoms with Gasteiger partial charge in [0, 0.05) is 29.7 Å². The SMILES string of the molecule is CCC1(/C=C/C(C)C)C(=O)N(Cc2ccccc2)CCc2c1[nH]c1ccccc21. The molecule has 1 N–H and O–H groups in total. The maximum absolute atomic E-state index is 14.0. The van der Waals surface area contributed by atoms with Gasteiger partial charge in [0.1, 0.15) is 5.41 Å². The first-order chi connectivity index (χ1) is 14.0. The van der Waals surface area contributed by atoms with Crippen molar-refractivity contribution in [2.75, 3.05) is 6.54 Å². The molecule has 3 aromatic rings. The molecule has 1 unspecified atom stereocenters. The second-order valence-electron chi connectivity index (χ2n) is 8.41. The largest absolute Gasteiger partial charge is 0.357 e. The Morgan fingerprint density at radius 2 is 1.83 bits per heavy atom. The fourth-order valence-electron chi connectivity index (χ4n) is 4.49. The van der Waals surface area contributed by atoms with Gasteiger partial charge < -0.3 is 9.88 Å². The predicted octanol–water partition coefficient (Wildman–Crippen LogP) is 5.61. The number of hydrogen-bond acceptors (Lipinski definition) is 1. The number of aromatic nitrogens is 1. The van der Waals surface area contributed by atoms with E-state index >= 15 is 0 Å². The van der Waals surface area contributed by atoms with Crippen molar-refractivity contribution in [1.82, 2.24) is 9.88 Å². The molecule has 1 atom stereocenters. The number of allylic oxidation sites excluding steroid dienone is 1. The lowest BCUT2D eigenvalue weighted by Crippen LogP contribution is -2.44. The number of nitrogens with zero attached hydrogens (tertiary/aromatic N) is 1. The van der Waals surface area contributed by atoms with Gasteiger partial charge in [0.05, 0.1) is 0 Å². The van der Waals surface area contributed by atoms with Gasteiger partial charge in [0.25, 0.3) is 0 Å². The Bertz CT molecular complexity index is 1030. The Morgan fingerprint density at radius 1 is 1.10 bits per heavy atom. The van der Waals surface area contributed by atoms with Crippen LogP contribution in [0.3, 0.4) is 0 Å². The van der Waals surface area contributed by atoms with Crippen LogP contribution in [-0.4, -0.2) is 22.3 Å². The summed E-state index contributed by atoms with van der Waals surface area (Å²) in [6, 6.07) is 18.7. The number of fused-ring (bicyclic) bond motifs is 3. The minimum atomic E-state index is -0.649. The van der Waals surface area contributed by atoms with Crippen molar-refractivity contribution in [1.29, 1.82) is 0 Å². The van der Waals surface area contributed by atoms with Gasteiger partial charge in [-0.2, -0.15) is 0 Å². The lowest BCUT2D eigenvalue weighted by molar-refractivity contribution is -0.136. The highest BCUT2D eigenvalue weighted by Crippen LogP contribution is 2.40. The van der Waals surface area contributed by atoms with Crippen LogP contribution in [0.15, 0.2) is 66.7 Å². The summed E-state index contributed by atoms with van der Waals surface area (Å²) in [7, 11) is 0. The number of carbonyl (C=O) groups excluding carboxylic acids is 1. The van der Waals surface area contributed by atoms with Crippen molar-refractivity contribution >= 4 is 16.8 Å².